The Labute approximate surface area is 112 Å². The molecule has 5 heteroatoms. The number of amides is 3. The maximum Gasteiger partial charge on any atom is 0.321 e. The van der Waals surface area contributed by atoms with Gasteiger partial charge in [-0.25, -0.2) is 4.79 Å². The van der Waals surface area contributed by atoms with E-state index in [1.807, 2.05) is 18.2 Å². The highest BCUT2D eigenvalue weighted by Crippen LogP contribution is 2.07. The number of carbonyl (C=O) groups excluding carboxylic acids is 2. The van der Waals surface area contributed by atoms with Gasteiger partial charge in [0.1, 0.15) is 0 Å². The van der Waals surface area contributed by atoms with Crippen LogP contribution in [0.1, 0.15) is 12.0 Å². The minimum absolute atomic E-state index is 0.251. The summed E-state index contributed by atoms with van der Waals surface area (Å²) in [4.78, 5) is 22.1. The van der Waals surface area contributed by atoms with Crippen LogP contribution in [0, 0.1) is 0 Å². The first kappa shape index (κ1) is 14.6. The molecule has 1 aromatic rings. The lowest BCUT2D eigenvalue weighted by molar-refractivity contribution is -0.117. The summed E-state index contributed by atoms with van der Waals surface area (Å²) >= 11 is 1.54. The summed E-state index contributed by atoms with van der Waals surface area (Å²) in [5.74, 6) is 0.984. The van der Waals surface area contributed by atoms with E-state index in [0.717, 1.165) is 18.6 Å². The van der Waals surface area contributed by atoms with E-state index in [1.54, 1.807) is 11.8 Å². The molecular formula is C13H18N2O2S. The number of nitrogens with one attached hydrogen (secondary N) is 2. The molecule has 0 bridgehead atoms. The zero-order valence-corrected chi connectivity index (χ0v) is 11.3. The van der Waals surface area contributed by atoms with Gasteiger partial charge in [-0.15, -0.1) is 0 Å². The molecule has 0 aromatic heterocycles. The maximum atomic E-state index is 11.3. The number of thioether (sulfide) groups is 1. The highest BCUT2D eigenvalue weighted by atomic mass is 32.2. The highest BCUT2D eigenvalue weighted by Gasteiger charge is 2.04. The monoisotopic (exact) mass is 266 g/mol. The van der Waals surface area contributed by atoms with Gasteiger partial charge in [-0.2, -0.15) is 11.8 Å². The van der Waals surface area contributed by atoms with E-state index in [0.29, 0.717) is 5.75 Å². The Balaban J connectivity index is 2.05. The second kappa shape index (κ2) is 8.58. The third-order valence-corrected chi connectivity index (χ3v) is 3.35. The summed E-state index contributed by atoms with van der Waals surface area (Å²) in [5, 5.41) is 4.57. The lowest BCUT2D eigenvalue weighted by atomic mass is 10.1. The van der Waals surface area contributed by atoms with Crippen LogP contribution < -0.4 is 10.6 Å². The Morgan fingerprint density at radius 1 is 1.22 bits per heavy atom. The van der Waals surface area contributed by atoms with Crippen molar-refractivity contribution in [2.24, 2.45) is 0 Å². The summed E-state index contributed by atoms with van der Waals surface area (Å²) in [6, 6.07) is 9.80. The summed E-state index contributed by atoms with van der Waals surface area (Å²) in [6.45, 7) is 0. The maximum absolute atomic E-state index is 11.3. The molecule has 0 spiro atoms. The summed E-state index contributed by atoms with van der Waals surface area (Å²) < 4.78 is 0. The number of urea groups is 1. The normalized spacial score (nSPS) is 9.83. The zero-order valence-electron chi connectivity index (χ0n) is 10.4. The molecule has 0 saturated heterocycles. The molecule has 18 heavy (non-hydrogen) atoms. The minimum Gasteiger partial charge on any atom is -0.341 e. The molecule has 4 nitrogen and oxygen atoms in total. The third kappa shape index (κ3) is 6.30. The van der Waals surface area contributed by atoms with Crippen LogP contribution in [0.5, 0.6) is 0 Å². The number of rotatable bonds is 6. The number of hydrogen-bond donors (Lipinski definition) is 2. The number of benzene rings is 1. The topological polar surface area (TPSA) is 58.2 Å². The van der Waals surface area contributed by atoms with Crippen molar-refractivity contribution in [2.75, 3.05) is 18.6 Å². The second-order valence-electron chi connectivity index (χ2n) is 3.77. The molecule has 0 unspecified atom stereocenters. The molecule has 98 valence electrons. The zero-order chi connectivity index (χ0) is 13.2. The molecule has 3 amide bonds. The van der Waals surface area contributed by atoms with E-state index >= 15 is 0 Å². The summed E-state index contributed by atoms with van der Waals surface area (Å²) in [7, 11) is 1.48. The van der Waals surface area contributed by atoms with E-state index in [2.05, 4.69) is 22.8 Å². The van der Waals surface area contributed by atoms with Crippen LogP contribution in [-0.2, 0) is 11.2 Å². The molecule has 1 aromatic carbocycles. The smallest absolute Gasteiger partial charge is 0.321 e. The van der Waals surface area contributed by atoms with Gasteiger partial charge in [-0.3, -0.25) is 10.1 Å². The summed E-state index contributed by atoms with van der Waals surface area (Å²) in [6.07, 6.45) is 2.05. The SMILES string of the molecule is CNC(=O)NC(=O)CSCCCc1ccccc1. The van der Waals surface area contributed by atoms with Gasteiger partial charge in [0.25, 0.3) is 0 Å². The van der Waals surface area contributed by atoms with Gasteiger partial charge >= 0.3 is 6.03 Å². The second-order valence-corrected chi connectivity index (χ2v) is 4.87. The highest BCUT2D eigenvalue weighted by molar-refractivity contribution is 7.99. The molecule has 1 rings (SSSR count). The fourth-order valence-electron chi connectivity index (χ4n) is 1.41. The molecule has 0 aliphatic heterocycles. The van der Waals surface area contributed by atoms with Crippen molar-refractivity contribution >= 4 is 23.7 Å². The van der Waals surface area contributed by atoms with Crippen LogP contribution in [-0.4, -0.2) is 30.5 Å². The Hall–Kier alpha value is -1.49. The first-order chi connectivity index (χ1) is 8.72. The number of aryl methyl sites for hydroxylation is 1. The lowest BCUT2D eigenvalue weighted by Gasteiger charge is -2.03. The van der Waals surface area contributed by atoms with Crippen LogP contribution in [0.15, 0.2) is 30.3 Å². The average molecular weight is 266 g/mol. The first-order valence-electron chi connectivity index (χ1n) is 5.85. The van der Waals surface area contributed by atoms with Crippen molar-refractivity contribution in [3.63, 3.8) is 0 Å². The molecule has 0 heterocycles. The predicted octanol–water partition coefficient (Wildman–Crippen LogP) is 1.81. The fraction of sp³-hybridized carbons (Fsp3) is 0.385. The van der Waals surface area contributed by atoms with E-state index in [-0.39, 0.29) is 5.91 Å². The van der Waals surface area contributed by atoms with Crippen molar-refractivity contribution in [3.8, 4) is 0 Å². The number of carbonyl (C=O) groups is 2. The first-order valence-corrected chi connectivity index (χ1v) is 7.01. The number of hydrogen-bond acceptors (Lipinski definition) is 3. The lowest BCUT2D eigenvalue weighted by Crippen LogP contribution is -2.38. The van der Waals surface area contributed by atoms with Crippen LogP contribution in [0.25, 0.3) is 0 Å². The van der Waals surface area contributed by atoms with Gasteiger partial charge in [0.15, 0.2) is 0 Å². The fourth-order valence-corrected chi connectivity index (χ4v) is 2.16. The van der Waals surface area contributed by atoms with Gasteiger partial charge in [-0.1, -0.05) is 30.3 Å². The van der Waals surface area contributed by atoms with Crippen LogP contribution in [0.3, 0.4) is 0 Å². The number of imide groups is 1. The van der Waals surface area contributed by atoms with Gasteiger partial charge in [-0.05, 0) is 24.2 Å². The van der Waals surface area contributed by atoms with Crippen LogP contribution in [0.2, 0.25) is 0 Å². The molecule has 0 fully saturated rings. The molecular weight excluding hydrogens is 248 g/mol. The minimum atomic E-state index is -0.454. The van der Waals surface area contributed by atoms with Crippen LogP contribution in [0.4, 0.5) is 4.79 Å². The van der Waals surface area contributed by atoms with Gasteiger partial charge in [0, 0.05) is 7.05 Å². The summed E-state index contributed by atoms with van der Waals surface area (Å²) in [5.41, 5.74) is 1.31. The van der Waals surface area contributed by atoms with E-state index in [9.17, 15) is 9.59 Å². The van der Waals surface area contributed by atoms with E-state index in [4.69, 9.17) is 0 Å². The van der Waals surface area contributed by atoms with Crippen LogP contribution >= 0.6 is 11.8 Å². The standard InChI is InChI=1S/C13H18N2O2S/c1-14-13(17)15-12(16)10-18-9-5-8-11-6-3-2-4-7-11/h2-4,6-7H,5,8-10H2,1H3,(H2,14,15,16,17). The quantitative estimate of drug-likeness (QED) is 0.772. The molecule has 0 atom stereocenters. The van der Waals surface area contributed by atoms with Gasteiger partial charge in [0.05, 0.1) is 5.75 Å². The molecule has 0 aliphatic carbocycles. The van der Waals surface area contributed by atoms with Crippen molar-refractivity contribution in [1.82, 2.24) is 10.6 Å². The van der Waals surface area contributed by atoms with Crippen molar-refractivity contribution in [2.45, 2.75) is 12.8 Å². The third-order valence-electron chi connectivity index (χ3n) is 2.31. The predicted molar refractivity (Wildman–Crippen MR) is 74.7 cm³/mol. The van der Waals surface area contributed by atoms with Crippen molar-refractivity contribution < 1.29 is 9.59 Å². The Bertz CT molecular complexity index is 382. The largest absolute Gasteiger partial charge is 0.341 e. The molecule has 0 aliphatic rings. The van der Waals surface area contributed by atoms with Crippen molar-refractivity contribution in [1.29, 1.82) is 0 Å². The Kier molecular flexibility index (Phi) is 6.94. The Morgan fingerprint density at radius 2 is 1.94 bits per heavy atom. The molecule has 0 radical (unpaired) electrons. The molecule has 0 saturated carbocycles. The van der Waals surface area contributed by atoms with E-state index < -0.39 is 6.03 Å². The molecule has 2 N–H and O–H groups in total. The van der Waals surface area contributed by atoms with E-state index in [1.165, 1.54) is 12.6 Å². The Morgan fingerprint density at radius 3 is 2.61 bits per heavy atom. The van der Waals surface area contributed by atoms with Gasteiger partial charge < -0.3 is 5.32 Å². The van der Waals surface area contributed by atoms with Crippen molar-refractivity contribution in [3.05, 3.63) is 35.9 Å². The van der Waals surface area contributed by atoms with Gasteiger partial charge in [0.2, 0.25) is 5.91 Å². The average Bonchev–Trinajstić information content (AvgIpc) is 2.39.